The summed E-state index contributed by atoms with van der Waals surface area (Å²) in [5, 5.41) is 4.60. The van der Waals surface area contributed by atoms with E-state index in [0.717, 1.165) is 61.3 Å². The Morgan fingerprint density at radius 2 is 0.833 bits per heavy atom. The third-order valence-electron chi connectivity index (χ3n) is 11.7. The fourth-order valence-corrected chi connectivity index (χ4v) is 8.77. The van der Waals surface area contributed by atoms with Crippen LogP contribution in [0.4, 0.5) is 17.1 Å². The Hall–Kier alpha value is -7.94. The van der Waals surface area contributed by atoms with E-state index >= 15 is 0 Å². The monoisotopic (exact) mass is 765 g/mol. The molecule has 0 aliphatic carbocycles. The fraction of sp³-hybridized carbons (Fsp3) is 0. The average Bonchev–Trinajstić information content (AvgIpc) is 3.69. The molecule has 11 aromatic rings. The Bertz CT molecular complexity index is 3290. The molecule has 0 unspecified atom stereocenters. The van der Waals surface area contributed by atoms with Gasteiger partial charge in [-0.05, 0) is 115 Å². The van der Waals surface area contributed by atoms with Gasteiger partial charge < -0.3 is 9.32 Å². The highest BCUT2D eigenvalue weighted by Crippen LogP contribution is 2.46. The molecule has 0 bridgehead atoms. The van der Waals surface area contributed by atoms with Crippen LogP contribution in [0.1, 0.15) is 0 Å². The van der Waals surface area contributed by atoms with Gasteiger partial charge in [-0.2, -0.15) is 0 Å². The van der Waals surface area contributed by atoms with E-state index in [-0.39, 0.29) is 0 Å². The molecule has 1 heterocycles. The normalized spacial score (nSPS) is 11.3. The van der Waals surface area contributed by atoms with Gasteiger partial charge in [-0.3, -0.25) is 0 Å². The van der Waals surface area contributed by atoms with E-state index in [2.05, 4.69) is 241 Å². The summed E-state index contributed by atoms with van der Waals surface area (Å²) in [6.07, 6.45) is 0. The molecule has 11 rings (SSSR count). The molecule has 282 valence electrons. The second-order valence-electron chi connectivity index (χ2n) is 15.3. The molecule has 2 heteroatoms. The van der Waals surface area contributed by atoms with Gasteiger partial charge in [0.05, 0.1) is 5.69 Å². The molecule has 60 heavy (non-hydrogen) atoms. The van der Waals surface area contributed by atoms with Gasteiger partial charge in [0.15, 0.2) is 0 Å². The van der Waals surface area contributed by atoms with Gasteiger partial charge in [-0.15, -0.1) is 0 Å². The average molecular weight is 766 g/mol. The lowest BCUT2D eigenvalue weighted by Gasteiger charge is -2.28. The van der Waals surface area contributed by atoms with Crippen molar-refractivity contribution in [2.24, 2.45) is 0 Å². The zero-order valence-corrected chi connectivity index (χ0v) is 32.9. The van der Waals surface area contributed by atoms with Crippen molar-refractivity contribution in [1.29, 1.82) is 0 Å². The number of para-hydroxylation sites is 1. The number of rotatable bonds is 8. The van der Waals surface area contributed by atoms with Gasteiger partial charge in [0.1, 0.15) is 11.2 Å². The summed E-state index contributed by atoms with van der Waals surface area (Å²) >= 11 is 0. The van der Waals surface area contributed by atoms with E-state index in [1.807, 2.05) is 0 Å². The molecule has 0 aliphatic rings. The number of fused-ring (bicyclic) bond motifs is 4. The van der Waals surface area contributed by atoms with E-state index in [1.54, 1.807) is 0 Å². The zero-order chi connectivity index (χ0) is 39.8. The summed E-state index contributed by atoms with van der Waals surface area (Å²) in [6, 6.07) is 84.9. The van der Waals surface area contributed by atoms with E-state index in [0.29, 0.717) is 0 Å². The van der Waals surface area contributed by atoms with Gasteiger partial charge in [-0.1, -0.05) is 182 Å². The Balaban J connectivity index is 1.07. The number of benzene rings is 10. The van der Waals surface area contributed by atoms with E-state index in [9.17, 15) is 0 Å². The number of anilines is 3. The molecule has 2 nitrogen and oxygen atoms in total. The Morgan fingerprint density at radius 1 is 0.283 bits per heavy atom. The standard InChI is InChI=1S/C58H39NO/c1-4-16-40(17-5-1)44-24-14-25-49(36-44)59(48-33-30-41(31-34-48)47-32-35-50(42-18-6-2-7-19-42)53(37-47)43-20-8-3-9-21-43)55-28-13-12-26-51(55)52-27-15-29-56-58(52)54-38-45-22-10-11-23-46(45)39-57(54)60-56/h1-39H. The minimum atomic E-state index is 0.878. The molecule has 0 saturated carbocycles. The summed E-state index contributed by atoms with van der Waals surface area (Å²) in [5.41, 5.74) is 16.7. The Morgan fingerprint density at radius 3 is 1.58 bits per heavy atom. The van der Waals surface area contributed by atoms with Crippen LogP contribution in [-0.2, 0) is 0 Å². The molecular formula is C58H39NO. The molecule has 0 N–H and O–H groups in total. The maximum Gasteiger partial charge on any atom is 0.136 e. The van der Waals surface area contributed by atoms with Gasteiger partial charge >= 0.3 is 0 Å². The van der Waals surface area contributed by atoms with Crippen LogP contribution in [0, 0.1) is 0 Å². The highest BCUT2D eigenvalue weighted by atomic mass is 16.3. The van der Waals surface area contributed by atoms with Crippen molar-refractivity contribution < 1.29 is 4.42 Å². The molecule has 0 radical (unpaired) electrons. The van der Waals surface area contributed by atoms with E-state index < -0.39 is 0 Å². The summed E-state index contributed by atoms with van der Waals surface area (Å²) in [6.45, 7) is 0. The van der Waals surface area contributed by atoms with Gasteiger partial charge in [-0.25, -0.2) is 0 Å². The topological polar surface area (TPSA) is 16.4 Å². The molecular weight excluding hydrogens is 727 g/mol. The van der Waals surface area contributed by atoms with Crippen molar-refractivity contribution in [3.8, 4) is 55.6 Å². The lowest BCUT2D eigenvalue weighted by Crippen LogP contribution is -2.11. The molecule has 0 amide bonds. The Labute approximate surface area is 349 Å². The summed E-state index contributed by atoms with van der Waals surface area (Å²) in [5.74, 6) is 0. The zero-order valence-electron chi connectivity index (χ0n) is 32.9. The summed E-state index contributed by atoms with van der Waals surface area (Å²) < 4.78 is 6.57. The van der Waals surface area contributed by atoms with Crippen LogP contribution in [0.25, 0.3) is 88.3 Å². The SMILES string of the molecule is c1ccc(-c2cccc(N(c3ccc(-c4ccc(-c5ccccc5)c(-c5ccccc5)c4)cc3)c3ccccc3-c3cccc4oc5cc6ccccc6cc5c34)c2)cc1. The molecule has 0 fully saturated rings. The van der Waals surface area contributed by atoms with Crippen molar-refractivity contribution in [1.82, 2.24) is 0 Å². The predicted molar refractivity (Wildman–Crippen MR) is 253 cm³/mol. The van der Waals surface area contributed by atoms with Crippen LogP contribution in [-0.4, -0.2) is 0 Å². The molecule has 0 saturated heterocycles. The molecule has 10 aromatic carbocycles. The van der Waals surface area contributed by atoms with Crippen LogP contribution < -0.4 is 4.90 Å². The highest BCUT2D eigenvalue weighted by Gasteiger charge is 2.21. The van der Waals surface area contributed by atoms with Crippen molar-refractivity contribution in [2.45, 2.75) is 0 Å². The second-order valence-corrected chi connectivity index (χ2v) is 15.3. The van der Waals surface area contributed by atoms with Crippen molar-refractivity contribution >= 4 is 49.8 Å². The molecule has 1 aromatic heterocycles. The maximum atomic E-state index is 6.57. The lowest BCUT2D eigenvalue weighted by molar-refractivity contribution is 0.669. The predicted octanol–water partition coefficient (Wildman–Crippen LogP) is 16.5. The van der Waals surface area contributed by atoms with Crippen molar-refractivity contribution in [2.75, 3.05) is 4.90 Å². The number of furan rings is 1. The summed E-state index contributed by atoms with van der Waals surface area (Å²) in [4.78, 5) is 2.40. The number of nitrogens with zero attached hydrogens (tertiary/aromatic N) is 1. The Kier molecular flexibility index (Phi) is 8.87. The third kappa shape index (κ3) is 6.41. The first-order valence-corrected chi connectivity index (χ1v) is 20.5. The third-order valence-corrected chi connectivity index (χ3v) is 11.7. The second kappa shape index (κ2) is 15.1. The van der Waals surface area contributed by atoms with Crippen LogP contribution >= 0.6 is 0 Å². The van der Waals surface area contributed by atoms with Crippen molar-refractivity contribution in [3.05, 3.63) is 237 Å². The molecule has 0 aliphatic heterocycles. The first kappa shape index (κ1) is 35.2. The smallest absolute Gasteiger partial charge is 0.136 e. The van der Waals surface area contributed by atoms with Crippen molar-refractivity contribution in [3.63, 3.8) is 0 Å². The first-order valence-electron chi connectivity index (χ1n) is 20.5. The minimum absolute atomic E-state index is 0.878. The first-order chi connectivity index (χ1) is 29.7. The number of hydrogen-bond acceptors (Lipinski definition) is 2. The highest BCUT2D eigenvalue weighted by molar-refractivity contribution is 6.16. The number of hydrogen-bond donors (Lipinski definition) is 0. The lowest BCUT2D eigenvalue weighted by atomic mass is 9.91. The molecule has 0 atom stereocenters. The van der Waals surface area contributed by atoms with Gasteiger partial charge in [0, 0.05) is 27.7 Å². The molecule has 0 spiro atoms. The van der Waals surface area contributed by atoms with Crippen LogP contribution in [0.2, 0.25) is 0 Å². The van der Waals surface area contributed by atoms with Gasteiger partial charge in [0.25, 0.3) is 0 Å². The van der Waals surface area contributed by atoms with Gasteiger partial charge in [0.2, 0.25) is 0 Å². The fourth-order valence-electron chi connectivity index (χ4n) is 8.77. The summed E-state index contributed by atoms with van der Waals surface area (Å²) in [7, 11) is 0. The van der Waals surface area contributed by atoms with E-state index in [4.69, 9.17) is 4.42 Å². The largest absolute Gasteiger partial charge is 0.456 e. The van der Waals surface area contributed by atoms with E-state index in [1.165, 1.54) is 44.2 Å². The van der Waals surface area contributed by atoms with Crippen LogP contribution in [0.15, 0.2) is 241 Å². The quantitative estimate of drug-likeness (QED) is 0.153. The maximum absolute atomic E-state index is 6.57. The van der Waals surface area contributed by atoms with Crippen LogP contribution in [0.3, 0.4) is 0 Å². The van der Waals surface area contributed by atoms with Crippen LogP contribution in [0.5, 0.6) is 0 Å². The minimum Gasteiger partial charge on any atom is -0.456 e.